The predicted octanol–water partition coefficient (Wildman–Crippen LogP) is 3.32. The lowest BCUT2D eigenvalue weighted by Crippen LogP contribution is -2.05. The molecule has 14 heavy (non-hydrogen) atoms. The Morgan fingerprint density at radius 3 is 2.86 bits per heavy atom. The smallest absolute Gasteiger partial charge is 0.126 e. The quantitative estimate of drug-likeness (QED) is 0.829. The molecule has 0 amide bonds. The van der Waals surface area contributed by atoms with Crippen LogP contribution in [-0.2, 0) is 0 Å². The van der Waals surface area contributed by atoms with E-state index in [1.807, 2.05) is 18.2 Å². The Morgan fingerprint density at radius 1 is 1.29 bits per heavy atom. The van der Waals surface area contributed by atoms with Crippen molar-refractivity contribution in [3.8, 4) is 0 Å². The van der Waals surface area contributed by atoms with Crippen LogP contribution >= 0.6 is 11.3 Å². The van der Waals surface area contributed by atoms with E-state index in [9.17, 15) is 0 Å². The van der Waals surface area contributed by atoms with Gasteiger partial charge in [-0.3, -0.25) is 0 Å². The van der Waals surface area contributed by atoms with Crippen LogP contribution in [0.25, 0.3) is 0 Å². The van der Waals surface area contributed by atoms with E-state index in [0.29, 0.717) is 6.04 Å². The topological polar surface area (TPSA) is 24.9 Å². The van der Waals surface area contributed by atoms with Gasteiger partial charge in [-0.2, -0.15) is 0 Å². The number of hydrogen-bond acceptors (Lipinski definition) is 3. The van der Waals surface area contributed by atoms with E-state index in [1.54, 1.807) is 17.5 Å². The molecular formula is C11H12N2S. The summed E-state index contributed by atoms with van der Waals surface area (Å²) in [6.45, 7) is 2.14. The lowest BCUT2D eigenvalue weighted by Gasteiger charge is -2.12. The van der Waals surface area contributed by atoms with Crippen LogP contribution in [0.15, 0.2) is 41.9 Å². The first-order valence-electron chi connectivity index (χ1n) is 4.57. The summed E-state index contributed by atoms with van der Waals surface area (Å²) < 4.78 is 0. The van der Waals surface area contributed by atoms with Crippen molar-refractivity contribution in [2.45, 2.75) is 13.0 Å². The highest BCUT2D eigenvalue weighted by atomic mass is 32.1. The molecule has 2 aromatic heterocycles. The Labute approximate surface area is 87.6 Å². The zero-order chi connectivity index (χ0) is 9.80. The number of nitrogens with one attached hydrogen (secondary N) is 1. The summed E-state index contributed by atoms with van der Waals surface area (Å²) in [7, 11) is 0. The van der Waals surface area contributed by atoms with Crippen LogP contribution in [0.4, 0.5) is 5.82 Å². The van der Waals surface area contributed by atoms with E-state index in [2.05, 4.69) is 34.7 Å². The predicted molar refractivity (Wildman–Crippen MR) is 60.6 cm³/mol. The van der Waals surface area contributed by atoms with Crippen LogP contribution in [0.5, 0.6) is 0 Å². The number of pyridine rings is 1. The van der Waals surface area contributed by atoms with Gasteiger partial charge < -0.3 is 5.32 Å². The third-order valence-corrected chi connectivity index (χ3v) is 3.05. The molecule has 0 saturated heterocycles. The van der Waals surface area contributed by atoms with E-state index >= 15 is 0 Å². The summed E-state index contributed by atoms with van der Waals surface area (Å²) in [5, 5.41) is 5.43. The van der Waals surface area contributed by atoms with E-state index in [1.165, 1.54) is 4.88 Å². The van der Waals surface area contributed by atoms with Crippen molar-refractivity contribution in [2.75, 3.05) is 5.32 Å². The maximum Gasteiger partial charge on any atom is 0.126 e. The third-order valence-electron chi connectivity index (χ3n) is 2.00. The molecule has 0 aliphatic carbocycles. The van der Waals surface area contributed by atoms with Crippen LogP contribution in [0.2, 0.25) is 0 Å². The molecule has 0 aliphatic heterocycles. The fourth-order valence-corrected chi connectivity index (χ4v) is 2.01. The number of hydrogen-bond donors (Lipinski definition) is 1. The van der Waals surface area contributed by atoms with Gasteiger partial charge in [-0.1, -0.05) is 12.1 Å². The molecule has 0 spiro atoms. The Kier molecular flexibility index (Phi) is 2.79. The lowest BCUT2D eigenvalue weighted by atomic mass is 10.3. The van der Waals surface area contributed by atoms with Gasteiger partial charge in [0.15, 0.2) is 0 Å². The molecule has 1 atom stereocenters. The van der Waals surface area contributed by atoms with Gasteiger partial charge in [0, 0.05) is 11.1 Å². The van der Waals surface area contributed by atoms with Gasteiger partial charge in [0.05, 0.1) is 6.04 Å². The Morgan fingerprint density at radius 2 is 2.21 bits per heavy atom. The summed E-state index contributed by atoms with van der Waals surface area (Å²) in [6, 6.07) is 10.4. The van der Waals surface area contributed by atoms with Crippen molar-refractivity contribution in [2.24, 2.45) is 0 Å². The summed E-state index contributed by atoms with van der Waals surface area (Å²) in [5.41, 5.74) is 0. The minimum atomic E-state index is 0.324. The second-order valence-electron chi connectivity index (χ2n) is 3.10. The normalized spacial score (nSPS) is 12.4. The molecule has 0 bridgehead atoms. The molecule has 0 aliphatic rings. The maximum atomic E-state index is 4.22. The Bertz CT molecular complexity index is 369. The summed E-state index contributed by atoms with van der Waals surface area (Å²) in [6.07, 6.45) is 1.80. The van der Waals surface area contributed by atoms with E-state index in [-0.39, 0.29) is 0 Å². The molecule has 0 saturated carbocycles. The molecule has 0 unspecified atom stereocenters. The monoisotopic (exact) mass is 204 g/mol. The van der Waals surface area contributed by atoms with Gasteiger partial charge >= 0.3 is 0 Å². The highest BCUT2D eigenvalue weighted by Gasteiger charge is 2.05. The van der Waals surface area contributed by atoms with Gasteiger partial charge in [-0.05, 0) is 30.5 Å². The third kappa shape index (κ3) is 2.12. The standard InChI is InChI=1S/C11H12N2S/c1-9(10-5-4-8-14-10)13-11-6-2-3-7-12-11/h2-9H,1H3,(H,12,13)/t9-/m1/s1. The molecular weight excluding hydrogens is 192 g/mol. The number of nitrogens with zero attached hydrogens (tertiary/aromatic N) is 1. The van der Waals surface area contributed by atoms with E-state index < -0.39 is 0 Å². The molecule has 3 heteroatoms. The van der Waals surface area contributed by atoms with Crippen molar-refractivity contribution in [1.29, 1.82) is 0 Å². The molecule has 72 valence electrons. The van der Waals surface area contributed by atoms with Crippen LogP contribution in [0.1, 0.15) is 17.8 Å². The number of anilines is 1. The van der Waals surface area contributed by atoms with Gasteiger partial charge in [0.2, 0.25) is 0 Å². The molecule has 2 rings (SSSR count). The summed E-state index contributed by atoms with van der Waals surface area (Å²) in [4.78, 5) is 5.55. The molecule has 0 fully saturated rings. The van der Waals surface area contributed by atoms with Crippen LogP contribution in [0, 0.1) is 0 Å². The molecule has 2 nitrogen and oxygen atoms in total. The van der Waals surface area contributed by atoms with Gasteiger partial charge in [-0.15, -0.1) is 11.3 Å². The minimum Gasteiger partial charge on any atom is -0.363 e. The molecule has 0 aromatic carbocycles. The largest absolute Gasteiger partial charge is 0.363 e. The second kappa shape index (κ2) is 4.24. The highest BCUT2D eigenvalue weighted by Crippen LogP contribution is 2.21. The zero-order valence-corrected chi connectivity index (χ0v) is 8.79. The first-order chi connectivity index (χ1) is 6.86. The first kappa shape index (κ1) is 9.21. The minimum absolute atomic E-state index is 0.324. The fourth-order valence-electron chi connectivity index (χ4n) is 1.28. The van der Waals surface area contributed by atoms with Crippen molar-refractivity contribution >= 4 is 17.2 Å². The lowest BCUT2D eigenvalue weighted by molar-refractivity contribution is 0.896. The van der Waals surface area contributed by atoms with E-state index in [4.69, 9.17) is 0 Å². The van der Waals surface area contributed by atoms with Crippen LogP contribution in [-0.4, -0.2) is 4.98 Å². The summed E-state index contributed by atoms with van der Waals surface area (Å²) >= 11 is 1.76. The average Bonchev–Trinajstić information content (AvgIpc) is 2.72. The number of rotatable bonds is 3. The van der Waals surface area contributed by atoms with Gasteiger partial charge in [-0.25, -0.2) is 4.98 Å². The number of thiophene rings is 1. The highest BCUT2D eigenvalue weighted by molar-refractivity contribution is 7.10. The average molecular weight is 204 g/mol. The van der Waals surface area contributed by atoms with E-state index in [0.717, 1.165) is 5.82 Å². The Hall–Kier alpha value is -1.35. The SMILES string of the molecule is C[C@@H](Nc1ccccn1)c1cccs1. The van der Waals surface area contributed by atoms with Crippen molar-refractivity contribution in [1.82, 2.24) is 4.98 Å². The fraction of sp³-hybridized carbons (Fsp3) is 0.182. The van der Waals surface area contributed by atoms with Crippen molar-refractivity contribution < 1.29 is 0 Å². The second-order valence-corrected chi connectivity index (χ2v) is 4.08. The summed E-state index contributed by atoms with van der Waals surface area (Å²) in [5.74, 6) is 0.924. The molecule has 1 N–H and O–H groups in total. The molecule has 0 radical (unpaired) electrons. The van der Waals surface area contributed by atoms with Crippen molar-refractivity contribution in [3.05, 3.63) is 46.8 Å². The molecule has 2 aromatic rings. The molecule has 2 heterocycles. The van der Waals surface area contributed by atoms with Crippen LogP contribution < -0.4 is 5.32 Å². The Balaban J connectivity index is 2.06. The number of aromatic nitrogens is 1. The maximum absolute atomic E-state index is 4.22. The van der Waals surface area contributed by atoms with Gasteiger partial charge in [0.25, 0.3) is 0 Å². The first-order valence-corrected chi connectivity index (χ1v) is 5.45. The zero-order valence-electron chi connectivity index (χ0n) is 7.97. The van der Waals surface area contributed by atoms with Crippen LogP contribution in [0.3, 0.4) is 0 Å². The van der Waals surface area contributed by atoms with Crippen molar-refractivity contribution in [3.63, 3.8) is 0 Å². The van der Waals surface area contributed by atoms with Gasteiger partial charge in [0.1, 0.15) is 5.82 Å².